The summed E-state index contributed by atoms with van der Waals surface area (Å²) in [5.41, 5.74) is 2.32. The average molecular weight is 402 g/mol. The molecule has 3 rings (SSSR count). The maximum absolute atomic E-state index is 14.2. The van der Waals surface area contributed by atoms with Crippen molar-refractivity contribution >= 4 is 17.5 Å². The average Bonchev–Trinajstić information content (AvgIpc) is 3.18. The number of aryl methyl sites for hydroxylation is 1. The van der Waals surface area contributed by atoms with E-state index in [9.17, 15) is 9.18 Å². The topological polar surface area (TPSA) is 42.7 Å². The maximum Gasteiger partial charge on any atom is 0.261 e. The monoisotopic (exact) mass is 401 g/mol. The molecule has 0 saturated heterocycles. The number of amides is 1. The quantitative estimate of drug-likeness (QED) is 0.539. The molecule has 0 unspecified atom stereocenters. The van der Waals surface area contributed by atoms with Crippen LogP contribution in [0, 0.1) is 19.7 Å². The summed E-state index contributed by atoms with van der Waals surface area (Å²) < 4.78 is 25.3. The molecule has 2 aromatic carbocycles. The molecule has 1 heterocycles. The highest BCUT2D eigenvalue weighted by atomic mass is 35.5. The highest BCUT2D eigenvalue weighted by Gasteiger charge is 2.20. The van der Waals surface area contributed by atoms with E-state index in [0.29, 0.717) is 11.5 Å². The lowest BCUT2D eigenvalue weighted by Gasteiger charge is -2.23. The second-order valence-electron chi connectivity index (χ2n) is 6.52. The van der Waals surface area contributed by atoms with Crippen LogP contribution in [0.25, 0.3) is 0 Å². The molecular weight excluding hydrogens is 381 g/mol. The summed E-state index contributed by atoms with van der Waals surface area (Å²) in [5, 5.41) is 0.271. The number of nitrogens with zero attached hydrogens (tertiary/aromatic N) is 1. The number of hydrogen-bond acceptors (Lipinski definition) is 3. The van der Waals surface area contributed by atoms with E-state index in [-0.39, 0.29) is 36.2 Å². The molecule has 0 saturated carbocycles. The molecular formula is C22H21ClFNO3. The Morgan fingerprint density at radius 1 is 1.11 bits per heavy atom. The van der Waals surface area contributed by atoms with Crippen LogP contribution in [0.4, 0.5) is 4.39 Å². The molecule has 0 radical (unpaired) electrons. The first-order chi connectivity index (χ1) is 13.5. The zero-order chi connectivity index (χ0) is 20.1. The van der Waals surface area contributed by atoms with Gasteiger partial charge < -0.3 is 14.1 Å². The predicted molar refractivity (Wildman–Crippen MR) is 106 cm³/mol. The van der Waals surface area contributed by atoms with Crippen LogP contribution in [0.15, 0.2) is 59.2 Å². The largest absolute Gasteiger partial charge is 0.483 e. The van der Waals surface area contributed by atoms with E-state index in [4.69, 9.17) is 20.8 Å². The van der Waals surface area contributed by atoms with Gasteiger partial charge in [-0.3, -0.25) is 4.79 Å². The van der Waals surface area contributed by atoms with Gasteiger partial charge in [0.2, 0.25) is 0 Å². The van der Waals surface area contributed by atoms with Crippen molar-refractivity contribution < 1.29 is 18.3 Å². The zero-order valence-corrected chi connectivity index (χ0v) is 16.5. The second-order valence-corrected chi connectivity index (χ2v) is 6.92. The molecule has 1 aromatic heterocycles. The Kier molecular flexibility index (Phi) is 6.37. The Hall–Kier alpha value is -2.79. The molecule has 0 N–H and O–H groups in total. The number of carbonyl (C=O) groups is 1. The van der Waals surface area contributed by atoms with Crippen LogP contribution in [-0.4, -0.2) is 17.4 Å². The predicted octanol–water partition coefficient (Wildman–Crippen LogP) is 5.30. The third kappa shape index (κ3) is 4.73. The third-order valence-electron chi connectivity index (χ3n) is 4.60. The van der Waals surface area contributed by atoms with Crippen molar-refractivity contribution in [2.45, 2.75) is 26.9 Å². The van der Waals surface area contributed by atoms with Crippen molar-refractivity contribution in [1.82, 2.24) is 4.90 Å². The standard InChI is InChI=1S/C22H21ClFNO3/c1-15-6-3-10-21(16(15)2)28-14-22(26)25(12-17-7-5-11-27-17)13-18-19(23)8-4-9-20(18)24/h3-11H,12-14H2,1-2H3. The summed E-state index contributed by atoms with van der Waals surface area (Å²) in [7, 11) is 0. The minimum absolute atomic E-state index is 0.0151. The van der Waals surface area contributed by atoms with Crippen LogP contribution in [0.5, 0.6) is 5.75 Å². The number of hydrogen-bond donors (Lipinski definition) is 0. The van der Waals surface area contributed by atoms with Crippen LogP contribution < -0.4 is 4.74 Å². The molecule has 0 aliphatic rings. The van der Waals surface area contributed by atoms with Crippen LogP contribution in [0.1, 0.15) is 22.5 Å². The van der Waals surface area contributed by atoms with E-state index in [1.807, 2.05) is 32.0 Å². The van der Waals surface area contributed by atoms with Gasteiger partial charge in [-0.25, -0.2) is 4.39 Å². The first-order valence-corrected chi connectivity index (χ1v) is 9.25. The molecule has 0 bridgehead atoms. The number of halogens is 2. The number of carbonyl (C=O) groups excluding carboxylic acids is 1. The molecule has 6 heteroatoms. The fourth-order valence-electron chi connectivity index (χ4n) is 2.81. The molecule has 0 aliphatic heterocycles. The van der Waals surface area contributed by atoms with Gasteiger partial charge in [-0.15, -0.1) is 0 Å². The maximum atomic E-state index is 14.2. The van der Waals surface area contributed by atoms with Crippen LogP contribution in [0.2, 0.25) is 5.02 Å². The minimum Gasteiger partial charge on any atom is -0.483 e. The smallest absolute Gasteiger partial charge is 0.261 e. The molecule has 0 aliphatic carbocycles. The van der Waals surface area contributed by atoms with Crippen LogP contribution in [0.3, 0.4) is 0 Å². The van der Waals surface area contributed by atoms with Gasteiger partial charge in [0.15, 0.2) is 6.61 Å². The van der Waals surface area contributed by atoms with E-state index in [1.54, 1.807) is 18.2 Å². The Morgan fingerprint density at radius 3 is 2.61 bits per heavy atom. The Morgan fingerprint density at radius 2 is 1.89 bits per heavy atom. The third-order valence-corrected chi connectivity index (χ3v) is 4.95. The normalized spacial score (nSPS) is 10.7. The van der Waals surface area contributed by atoms with Gasteiger partial charge in [0.1, 0.15) is 17.3 Å². The van der Waals surface area contributed by atoms with E-state index in [1.165, 1.54) is 23.3 Å². The van der Waals surface area contributed by atoms with Crippen molar-refractivity contribution in [3.05, 3.63) is 88.1 Å². The van der Waals surface area contributed by atoms with Crippen molar-refractivity contribution in [3.63, 3.8) is 0 Å². The van der Waals surface area contributed by atoms with Crippen molar-refractivity contribution in [2.75, 3.05) is 6.61 Å². The molecule has 1 amide bonds. The van der Waals surface area contributed by atoms with Gasteiger partial charge in [0, 0.05) is 10.6 Å². The number of benzene rings is 2. The minimum atomic E-state index is -0.458. The Balaban J connectivity index is 1.77. The number of furan rings is 1. The summed E-state index contributed by atoms with van der Waals surface area (Å²) in [6.45, 7) is 3.95. The van der Waals surface area contributed by atoms with E-state index >= 15 is 0 Å². The summed E-state index contributed by atoms with van der Waals surface area (Å²) in [6.07, 6.45) is 1.53. The Bertz CT molecular complexity index is 936. The van der Waals surface area contributed by atoms with Gasteiger partial charge in [0.25, 0.3) is 5.91 Å². The Labute approximate surface area is 168 Å². The van der Waals surface area contributed by atoms with Crippen LogP contribution in [-0.2, 0) is 17.9 Å². The fourth-order valence-corrected chi connectivity index (χ4v) is 3.03. The second kappa shape index (κ2) is 8.93. The lowest BCUT2D eigenvalue weighted by molar-refractivity contribution is -0.135. The van der Waals surface area contributed by atoms with E-state index < -0.39 is 5.82 Å². The molecule has 4 nitrogen and oxygen atoms in total. The SMILES string of the molecule is Cc1cccc(OCC(=O)N(Cc2ccco2)Cc2c(F)cccc2Cl)c1C. The van der Waals surface area contributed by atoms with Crippen molar-refractivity contribution in [2.24, 2.45) is 0 Å². The molecule has 0 atom stereocenters. The van der Waals surface area contributed by atoms with Crippen LogP contribution >= 0.6 is 11.6 Å². The summed E-state index contributed by atoms with van der Waals surface area (Å²) >= 11 is 6.14. The number of rotatable bonds is 7. The van der Waals surface area contributed by atoms with Crippen molar-refractivity contribution in [3.8, 4) is 5.75 Å². The van der Waals surface area contributed by atoms with E-state index in [0.717, 1.165) is 11.1 Å². The van der Waals surface area contributed by atoms with E-state index in [2.05, 4.69) is 0 Å². The fraction of sp³-hybridized carbons (Fsp3) is 0.227. The van der Waals surface area contributed by atoms with Gasteiger partial charge >= 0.3 is 0 Å². The number of ether oxygens (including phenoxy) is 1. The molecule has 3 aromatic rings. The van der Waals surface area contributed by atoms with Gasteiger partial charge in [-0.2, -0.15) is 0 Å². The zero-order valence-electron chi connectivity index (χ0n) is 15.7. The summed E-state index contributed by atoms with van der Waals surface area (Å²) in [5.74, 6) is 0.486. The highest BCUT2D eigenvalue weighted by molar-refractivity contribution is 6.31. The summed E-state index contributed by atoms with van der Waals surface area (Å²) in [6, 6.07) is 13.6. The van der Waals surface area contributed by atoms with Gasteiger partial charge in [0.05, 0.1) is 19.4 Å². The molecule has 28 heavy (non-hydrogen) atoms. The highest BCUT2D eigenvalue weighted by Crippen LogP contribution is 2.23. The lowest BCUT2D eigenvalue weighted by atomic mass is 10.1. The van der Waals surface area contributed by atoms with Gasteiger partial charge in [-0.05, 0) is 55.3 Å². The summed E-state index contributed by atoms with van der Waals surface area (Å²) in [4.78, 5) is 14.3. The first kappa shape index (κ1) is 20.0. The first-order valence-electron chi connectivity index (χ1n) is 8.87. The molecule has 0 spiro atoms. The van der Waals surface area contributed by atoms with Crippen molar-refractivity contribution in [1.29, 1.82) is 0 Å². The van der Waals surface area contributed by atoms with Gasteiger partial charge in [-0.1, -0.05) is 29.8 Å². The lowest BCUT2D eigenvalue weighted by Crippen LogP contribution is -2.34. The molecule has 0 fully saturated rings. The molecule has 146 valence electrons.